The van der Waals surface area contributed by atoms with Gasteiger partial charge < -0.3 is 5.32 Å². The predicted octanol–water partition coefficient (Wildman–Crippen LogP) is 2.60. The van der Waals surface area contributed by atoms with E-state index < -0.39 is 0 Å². The van der Waals surface area contributed by atoms with Gasteiger partial charge in [0, 0.05) is 19.5 Å². The lowest BCUT2D eigenvalue weighted by molar-refractivity contribution is 0.505. The van der Waals surface area contributed by atoms with Gasteiger partial charge in [-0.1, -0.05) is 29.8 Å². The van der Waals surface area contributed by atoms with E-state index in [1.807, 2.05) is 18.7 Å². The van der Waals surface area contributed by atoms with Gasteiger partial charge in [-0.2, -0.15) is 10.2 Å². The fraction of sp³-hybridized carbons (Fsp3) is 0.375. The predicted molar refractivity (Wildman–Crippen MR) is 83.6 cm³/mol. The van der Waals surface area contributed by atoms with Crippen LogP contribution in [0.3, 0.4) is 0 Å². The van der Waals surface area contributed by atoms with Gasteiger partial charge in [-0.3, -0.25) is 0 Å². The minimum absolute atomic E-state index is 0.459. The van der Waals surface area contributed by atoms with Crippen molar-refractivity contribution in [1.29, 1.82) is 0 Å². The molecule has 4 rings (SSSR count). The summed E-state index contributed by atoms with van der Waals surface area (Å²) in [5, 5.41) is 13.9. The van der Waals surface area contributed by atoms with Gasteiger partial charge in [0.05, 0.1) is 17.6 Å². The van der Waals surface area contributed by atoms with Crippen LogP contribution < -0.4 is 5.32 Å². The van der Waals surface area contributed by atoms with E-state index in [1.54, 1.807) is 0 Å². The monoisotopic (exact) mass is 281 g/mol. The lowest BCUT2D eigenvalue weighted by Crippen LogP contribution is -2.26. The number of hydrogen-bond acceptors (Lipinski definition) is 3. The first kappa shape index (κ1) is 12.4. The average Bonchev–Trinajstić information content (AvgIpc) is 2.98. The highest BCUT2D eigenvalue weighted by molar-refractivity contribution is 5.90. The van der Waals surface area contributed by atoms with Gasteiger partial charge >= 0.3 is 0 Å². The number of nitrogens with one attached hydrogen (secondary N) is 1. The molecule has 0 saturated carbocycles. The van der Waals surface area contributed by atoms with E-state index in [1.165, 1.54) is 11.1 Å². The average molecular weight is 281 g/mol. The molecule has 3 aromatic rings. The second-order valence-corrected chi connectivity index (χ2v) is 5.93. The van der Waals surface area contributed by atoms with Gasteiger partial charge in [-0.15, -0.1) is 0 Å². The molecular weight excluding hydrogens is 262 g/mol. The molecule has 1 N–H and O–H groups in total. The second-order valence-electron chi connectivity index (χ2n) is 5.93. The summed E-state index contributed by atoms with van der Waals surface area (Å²) in [5.41, 5.74) is 4.66. The minimum atomic E-state index is 0.459. The third kappa shape index (κ3) is 1.84. The Balaban J connectivity index is 1.73. The Bertz CT molecular complexity index is 809. The first-order valence-electron chi connectivity index (χ1n) is 7.34. The molecule has 21 heavy (non-hydrogen) atoms. The normalized spacial score (nSPS) is 17.8. The van der Waals surface area contributed by atoms with Crippen molar-refractivity contribution in [3.8, 4) is 0 Å². The minimum Gasteiger partial charge on any atom is -0.369 e. The number of benzene rings is 1. The van der Waals surface area contributed by atoms with Crippen LogP contribution in [0.4, 0.5) is 5.82 Å². The summed E-state index contributed by atoms with van der Waals surface area (Å²) in [6.07, 6.45) is 0. The molecule has 0 saturated heterocycles. The number of anilines is 1. The van der Waals surface area contributed by atoms with Crippen molar-refractivity contribution in [3.63, 3.8) is 0 Å². The fourth-order valence-corrected chi connectivity index (χ4v) is 3.20. The van der Waals surface area contributed by atoms with Crippen molar-refractivity contribution in [1.82, 2.24) is 19.6 Å². The van der Waals surface area contributed by atoms with Gasteiger partial charge in [-0.05, 0) is 19.4 Å². The van der Waals surface area contributed by atoms with E-state index in [0.29, 0.717) is 5.92 Å². The Morgan fingerprint density at radius 2 is 1.90 bits per heavy atom. The summed E-state index contributed by atoms with van der Waals surface area (Å²) >= 11 is 0. The Morgan fingerprint density at radius 3 is 2.67 bits per heavy atom. The Morgan fingerprint density at radius 1 is 1.14 bits per heavy atom. The maximum absolute atomic E-state index is 4.72. The molecule has 2 aromatic heterocycles. The molecule has 0 bridgehead atoms. The topological polar surface area (TPSA) is 47.7 Å². The van der Waals surface area contributed by atoms with Crippen molar-refractivity contribution in [2.24, 2.45) is 7.05 Å². The van der Waals surface area contributed by atoms with Crippen LogP contribution in [-0.4, -0.2) is 26.1 Å². The summed E-state index contributed by atoms with van der Waals surface area (Å²) in [6.45, 7) is 6.02. The zero-order valence-electron chi connectivity index (χ0n) is 12.6. The molecule has 0 aliphatic carbocycles. The van der Waals surface area contributed by atoms with Crippen molar-refractivity contribution >= 4 is 16.9 Å². The molecule has 5 nitrogen and oxygen atoms in total. The van der Waals surface area contributed by atoms with Crippen LogP contribution in [0.25, 0.3) is 11.0 Å². The van der Waals surface area contributed by atoms with Crippen molar-refractivity contribution < 1.29 is 0 Å². The van der Waals surface area contributed by atoms with Crippen LogP contribution in [-0.2, 0) is 13.6 Å². The van der Waals surface area contributed by atoms with Gasteiger partial charge in [0.25, 0.3) is 0 Å². The number of nitrogens with zero attached hydrogens (tertiary/aromatic N) is 4. The third-order valence-electron chi connectivity index (χ3n) is 4.36. The molecule has 1 aliphatic rings. The molecule has 5 heteroatoms. The molecular formula is C16H19N5. The SMILES string of the molecule is Cc1ccc(C2CNc3c4c(C)nn(C)c4nn3C2)cc1. The lowest BCUT2D eigenvalue weighted by Gasteiger charge is -2.25. The van der Waals surface area contributed by atoms with Crippen LogP contribution >= 0.6 is 0 Å². The van der Waals surface area contributed by atoms with Crippen molar-refractivity contribution in [2.75, 3.05) is 11.9 Å². The quantitative estimate of drug-likeness (QED) is 0.746. The van der Waals surface area contributed by atoms with Crippen LogP contribution in [0.5, 0.6) is 0 Å². The summed E-state index contributed by atoms with van der Waals surface area (Å²) in [7, 11) is 1.95. The third-order valence-corrected chi connectivity index (χ3v) is 4.36. The maximum atomic E-state index is 4.72. The van der Waals surface area contributed by atoms with E-state index in [0.717, 1.165) is 35.6 Å². The molecule has 1 atom stereocenters. The van der Waals surface area contributed by atoms with Crippen molar-refractivity contribution in [2.45, 2.75) is 26.3 Å². The number of aryl methyl sites for hydroxylation is 3. The molecule has 1 unspecified atom stereocenters. The Kier molecular flexibility index (Phi) is 2.58. The van der Waals surface area contributed by atoms with Crippen molar-refractivity contribution in [3.05, 3.63) is 41.1 Å². The first-order chi connectivity index (χ1) is 10.1. The first-order valence-corrected chi connectivity index (χ1v) is 7.34. The summed E-state index contributed by atoms with van der Waals surface area (Å²) < 4.78 is 3.95. The molecule has 0 amide bonds. The highest BCUT2D eigenvalue weighted by atomic mass is 15.4. The summed E-state index contributed by atoms with van der Waals surface area (Å²) in [6, 6.07) is 8.81. The molecule has 0 fully saturated rings. The molecule has 1 aromatic carbocycles. The van der Waals surface area contributed by atoms with E-state index in [-0.39, 0.29) is 0 Å². The van der Waals surface area contributed by atoms with E-state index in [2.05, 4.69) is 46.3 Å². The Labute approximate surface area is 123 Å². The highest BCUT2D eigenvalue weighted by Crippen LogP contribution is 2.32. The highest BCUT2D eigenvalue weighted by Gasteiger charge is 2.25. The van der Waals surface area contributed by atoms with E-state index in [4.69, 9.17) is 5.10 Å². The Hall–Kier alpha value is -2.30. The lowest BCUT2D eigenvalue weighted by atomic mass is 9.97. The number of hydrogen-bond donors (Lipinski definition) is 1. The molecule has 108 valence electrons. The molecule has 3 heterocycles. The van der Waals surface area contributed by atoms with Crippen LogP contribution in [0, 0.1) is 13.8 Å². The van der Waals surface area contributed by atoms with Gasteiger partial charge in [0.15, 0.2) is 5.65 Å². The number of fused-ring (bicyclic) bond motifs is 3. The maximum Gasteiger partial charge on any atom is 0.182 e. The smallest absolute Gasteiger partial charge is 0.182 e. The van der Waals surface area contributed by atoms with Gasteiger partial charge in [0.2, 0.25) is 0 Å². The van der Waals surface area contributed by atoms with Crippen LogP contribution in [0.2, 0.25) is 0 Å². The zero-order valence-corrected chi connectivity index (χ0v) is 12.6. The molecule has 1 aliphatic heterocycles. The second kappa shape index (κ2) is 4.35. The summed E-state index contributed by atoms with van der Waals surface area (Å²) in [4.78, 5) is 0. The fourth-order valence-electron chi connectivity index (χ4n) is 3.20. The van der Waals surface area contributed by atoms with E-state index >= 15 is 0 Å². The standard InChI is InChI=1S/C16H19N5/c1-10-4-6-12(7-5-10)13-8-17-15-14-11(2)18-20(3)16(14)19-21(15)9-13/h4-7,13,17H,8-9H2,1-3H3. The van der Waals surface area contributed by atoms with Crippen LogP contribution in [0.15, 0.2) is 24.3 Å². The zero-order chi connectivity index (χ0) is 14.6. The molecule has 0 spiro atoms. The largest absolute Gasteiger partial charge is 0.369 e. The van der Waals surface area contributed by atoms with Crippen LogP contribution in [0.1, 0.15) is 22.7 Å². The van der Waals surface area contributed by atoms with Gasteiger partial charge in [-0.25, -0.2) is 9.36 Å². The number of rotatable bonds is 1. The van der Waals surface area contributed by atoms with E-state index in [9.17, 15) is 0 Å². The summed E-state index contributed by atoms with van der Waals surface area (Å²) in [5.74, 6) is 1.57. The molecule has 0 radical (unpaired) electrons. The van der Waals surface area contributed by atoms with Gasteiger partial charge in [0.1, 0.15) is 5.82 Å². The number of aromatic nitrogens is 4.